The van der Waals surface area contributed by atoms with Gasteiger partial charge in [0.25, 0.3) is 0 Å². The van der Waals surface area contributed by atoms with Gasteiger partial charge in [-0.05, 0) is 12.7 Å². The van der Waals surface area contributed by atoms with Crippen molar-refractivity contribution in [3.63, 3.8) is 0 Å². The van der Waals surface area contributed by atoms with Crippen molar-refractivity contribution in [1.29, 1.82) is 0 Å². The standard InChI is InChI=1S/C20H42O2S.H3O4P/c1-3-4-5-6-7-8-9-10-11-12-13-14-15-16-17-22-20(18-21)19-23-2;1-5(2,3)4/h20-21H,3-19H2,1-2H3;(H3,1,2,3,4). The summed E-state index contributed by atoms with van der Waals surface area (Å²) in [6.45, 7) is 3.24. The molecule has 0 aromatic heterocycles. The number of aliphatic hydroxyl groups is 1. The number of unbranched alkanes of at least 4 members (excludes halogenated alkanes) is 13. The fourth-order valence-electron chi connectivity index (χ4n) is 2.89. The molecule has 172 valence electrons. The average Bonchev–Trinajstić information content (AvgIpc) is 2.62. The Bertz CT molecular complexity index is 332. The highest BCUT2D eigenvalue weighted by molar-refractivity contribution is 7.98. The Balaban J connectivity index is 0. The summed E-state index contributed by atoms with van der Waals surface area (Å²) in [6.07, 6.45) is 21.5. The molecular weight excluding hydrogens is 399 g/mol. The fourth-order valence-corrected chi connectivity index (χ4v) is 3.46. The molecule has 0 rings (SSSR count). The Morgan fingerprint density at radius 1 is 0.786 bits per heavy atom. The number of phosphoric acid groups is 1. The first-order valence-electron chi connectivity index (χ1n) is 10.8. The third kappa shape index (κ3) is 33.9. The summed E-state index contributed by atoms with van der Waals surface area (Å²) in [7, 11) is -4.64. The van der Waals surface area contributed by atoms with E-state index in [-0.39, 0.29) is 12.7 Å². The minimum Gasteiger partial charge on any atom is -0.394 e. The van der Waals surface area contributed by atoms with Crippen LogP contribution in [0.25, 0.3) is 0 Å². The van der Waals surface area contributed by atoms with Gasteiger partial charge in [-0.15, -0.1) is 0 Å². The fraction of sp³-hybridized carbons (Fsp3) is 1.00. The van der Waals surface area contributed by atoms with Gasteiger partial charge < -0.3 is 24.5 Å². The van der Waals surface area contributed by atoms with E-state index in [1.807, 2.05) is 0 Å². The smallest absolute Gasteiger partial charge is 0.394 e. The molecule has 0 heterocycles. The molecule has 0 aromatic carbocycles. The molecule has 0 fully saturated rings. The van der Waals surface area contributed by atoms with Crippen molar-refractivity contribution >= 4 is 19.6 Å². The van der Waals surface area contributed by atoms with Gasteiger partial charge >= 0.3 is 7.82 Å². The zero-order valence-electron chi connectivity index (χ0n) is 18.1. The maximum Gasteiger partial charge on any atom is 0.466 e. The first-order valence-corrected chi connectivity index (χ1v) is 13.8. The van der Waals surface area contributed by atoms with Crippen molar-refractivity contribution in [2.45, 2.75) is 103 Å². The molecule has 4 N–H and O–H groups in total. The lowest BCUT2D eigenvalue weighted by molar-refractivity contribution is 0.0261. The molecule has 0 aromatic rings. The van der Waals surface area contributed by atoms with Gasteiger partial charge in [-0.25, -0.2) is 4.57 Å². The van der Waals surface area contributed by atoms with E-state index < -0.39 is 7.82 Å². The van der Waals surface area contributed by atoms with Crippen molar-refractivity contribution in [2.75, 3.05) is 25.2 Å². The van der Waals surface area contributed by atoms with Gasteiger partial charge in [0.15, 0.2) is 0 Å². The Morgan fingerprint density at radius 2 is 1.14 bits per heavy atom. The van der Waals surface area contributed by atoms with Gasteiger partial charge in [0.1, 0.15) is 0 Å². The lowest BCUT2D eigenvalue weighted by atomic mass is 10.0. The third-order valence-corrected chi connectivity index (χ3v) is 5.11. The van der Waals surface area contributed by atoms with Crippen LogP contribution in [0.3, 0.4) is 0 Å². The first-order chi connectivity index (χ1) is 13.3. The van der Waals surface area contributed by atoms with Crippen molar-refractivity contribution in [3.05, 3.63) is 0 Å². The minimum absolute atomic E-state index is 0.0342. The van der Waals surface area contributed by atoms with Crippen LogP contribution in [0.1, 0.15) is 96.8 Å². The minimum atomic E-state index is -4.64. The molecular formula is C20H45O6PS. The normalized spacial score (nSPS) is 12.5. The molecule has 0 amide bonds. The second-order valence-corrected chi connectivity index (χ2v) is 9.18. The lowest BCUT2D eigenvalue weighted by Gasteiger charge is -2.13. The van der Waals surface area contributed by atoms with Crippen LogP contribution in [-0.2, 0) is 9.30 Å². The van der Waals surface area contributed by atoms with Crippen LogP contribution < -0.4 is 0 Å². The van der Waals surface area contributed by atoms with Gasteiger partial charge in [0.05, 0.1) is 12.7 Å². The summed E-state index contributed by atoms with van der Waals surface area (Å²) in [5, 5.41) is 9.13. The summed E-state index contributed by atoms with van der Waals surface area (Å²) in [5.41, 5.74) is 0. The summed E-state index contributed by atoms with van der Waals surface area (Å²) in [5.74, 6) is 0.898. The number of ether oxygens (including phenoxy) is 1. The molecule has 0 spiro atoms. The second kappa shape index (κ2) is 23.7. The van der Waals surface area contributed by atoms with Crippen LogP contribution in [0.5, 0.6) is 0 Å². The van der Waals surface area contributed by atoms with Crippen molar-refractivity contribution in [2.24, 2.45) is 0 Å². The number of thioether (sulfide) groups is 1. The van der Waals surface area contributed by atoms with Gasteiger partial charge in [0.2, 0.25) is 0 Å². The molecule has 0 saturated heterocycles. The summed E-state index contributed by atoms with van der Waals surface area (Å²) in [4.78, 5) is 21.6. The monoisotopic (exact) mass is 444 g/mol. The van der Waals surface area contributed by atoms with E-state index in [1.165, 1.54) is 83.5 Å². The quantitative estimate of drug-likeness (QED) is 0.159. The number of aliphatic hydroxyl groups excluding tert-OH is 1. The summed E-state index contributed by atoms with van der Waals surface area (Å²) < 4.78 is 14.5. The predicted octanol–water partition coefficient (Wildman–Crippen LogP) is 5.28. The Kier molecular flexibility index (Phi) is 25.8. The maximum atomic E-state index is 9.13. The van der Waals surface area contributed by atoms with E-state index in [0.29, 0.717) is 0 Å². The van der Waals surface area contributed by atoms with Gasteiger partial charge in [-0.1, -0.05) is 90.4 Å². The van der Waals surface area contributed by atoms with E-state index in [0.717, 1.165) is 18.8 Å². The molecule has 0 aliphatic rings. The molecule has 6 nitrogen and oxygen atoms in total. The van der Waals surface area contributed by atoms with Crippen LogP contribution in [0.4, 0.5) is 0 Å². The van der Waals surface area contributed by atoms with Crippen molar-refractivity contribution in [3.8, 4) is 0 Å². The van der Waals surface area contributed by atoms with Gasteiger partial charge in [-0.3, -0.25) is 0 Å². The zero-order chi connectivity index (χ0) is 21.5. The van der Waals surface area contributed by atoms with E-state index in [9.17, 15) is 0 Å². The predicted molar refractivity (Wildman–Crippen MR) is 120 cm³/mol. The molecule has 1 unspecified atom stereocenters. The highest BCUT2D eigenvalue weighted by Gasteiger charge is 2.05. The second-order valence-electron chi connectivity index (χ2n) is 7.24. The first kappa shape index (κ1) is 30.6. The van der Waals surface area contributed by atoms with E-state index in [4.69, 9.17) is 29.1 Å². The average molecular weight is 445 g/mol. The maximum absolute atomic E-state index is 9.13. The molecule has 0 aliphatic carbocycles. The van der Waals surface area contributed by atoms with Crippen molar-refractivity contribution in [1.82, 2.24) is 0 Å². The van der Waals surface area contributed by atoms with E-state index in [2.05, 4.69) is 13.2 Å². The molecule has 1 atom stereocenters. The van der Waals surface area contributed by atoms with Gasteiger partial charge in [-0.2, -0.15) is 11.8 Å². The third-order valence-electron chi connectivity index (χ3n) is 4.41. The zero-order valence-corrected chi connectivity index (χ0v) is 19.8. The lowest BCUT2D eigenvalue weighted by Crippen LogP contribution is -2.20. The van der Waals surface area contributed by atoms with Crippen LogP contribution >= 0.6 is 19.6 Å². The summed E-state index contributed by atoms with van der Waals surface area (Å²) in [6, 6.07) is 0. The van der Waals surface area contributed by atoms with Crippen molar-refractivity contribution < 1.29 is 29.1 Å². The number of hydrogen-bond acceptors (Lipinski definition) is 4. The topological polar surface area (TPSA) is 107 Å². The van der Waals surface area contributed by atoms with E-state index >= 15 is 0 Å². The Hall–Kier alpha value is 0.380. The highest BCUT2D eigenvalue weighted by Crippen LogP contribution is 2.25. The number of hydrogen-bond donors (Lipinski definition) is 4. The largest absolute Gasteiger partial charge is 0.466 e. The SMILES string of the molecule is CCCCCCCCCCCCCCCCOC(CO)CSC.O=P(O)(O)O. The molecule has 0 bridgehead atoms. The molecule has 28 heavy (non-hydrogen) atoms. The molecule has 0 aliphatic heterocycles. The van der Waals surface area contributed by atoms with Gasteiger partial charge in [0, 0.05) is 12.4 Å². The number of rotatable bonds is 19. The molecule has 8 heteroatoms. The van der Waals surface area contributed by atoms with Crippen LogP contribution in [0.15, 0.2) is 0 Å². The van der Waals surface area contributed by atoms with Crippen LogP contribution in [0.2, 0.25) is 0 Å². The molecule has 0 saturated carbocycles. The van der Waals surface area contributed by atoms with Crippen LogP contribution in [0, 0.1) is 0 Å². The summed E-state index contributed by atoms with van der Waals surface area (Å²) >= 11 is 1.74. The highest BCUT2D eigenvalue weighted by atomic mass is 32.2. The molecule has 0 radical (unpaired) electrons. The Morgan fingerprint density at radius 3 is 1.46 bits per heavy atom. The van der Waals surface area contributed by atoms with Crippen LogP contribution in [-0.4, -0.2) is 51.1 Å². The Labute approximate surface area is 177 Å². The van der Waals surface area contributed by atoms with E-state index in [1.54, 1.807) is 11.8 Å².